The third-order valence-electron chi connectivity index (χ3n) is 2.38. The average molecular weight is 398 g/mol. The zero-order valence-electron chi connectivity index (χ0n) is 13.3. The van der Waals surface area contributed by atoms with Gasteiger partial charge in [-0.25, -0.2) is 19.1 Å². The molecule has 136 valence electrons. The number of nitrogen functional groups attached to an aromatic ring is 2. The average Bonchev–Trinajstić information content (AvgIpc) is 2.53. The Morgan fingerprint density at radius 2 is 1.83 bits per heavy atom. The van der Waals surface area contributed by atoms with Crippen LogP contribution in [0.15, 0.2) is 18.2 Å². The van der Waals surface area contributed by atoms with Crippen molar-refractivity contribution >= 4 is 35.3 Å². The number of hydrogen-bond donors (Lipinski definition) is 2. The van der Waals surface area contributed by atoms with Gasteiger partial charge in [0.1, 0.15) is 29.4 Å². The van der Waals surface area contributed by atoms with Crippen LogP contribution in [0, 0.1) is 0 Å². The van der Waals surface area contributed by atoms with Gasteiger partial charge in [0.25, 0.3) is 0 Å². The zero-order valence-corrected chi connectivity index (χ0v) is 16.2. The van der Waals surface area contributed by atoms with Crippen LogP contribution < -0.4 is 16.2 Å². The van der Waals surface area contributed by atoms with Gasteiger partial charge in [-0.3, -0.25) is 0 Å². The number of allylic oxidation sites excluding steroid dienone is 1. The van der Waals surface area contributed by atoms with Crippen molar-refractivity contribution in [2.24, 2.45) is 0 Å². The molecule has 1 aromatic rings. The fourth-order valence-corrected chi connectivity index (χ4v) is 6.15. The molecule has 0 saturated carbocycles. The fourth-order valence-electron chi connectivity index (χ4n) is 1.42. The lowest BCUT2D eigenvalue weighted by molar-refractivity contribution is -0.165. The highest BCUT2D eigenvalue weighted by Crippen LogP contribution is 2.77. The molecule has 0 saturated heterocycles. The molecule has 13 heteroatoms. The van der Waals surface area contributed by atoms with Crippen LogP contribution in [0.1, 0.15) is 6.42 Å². The first-order valence-electron chi connectivity index (χ1n) is 6.70. The molecule has 1 heterocycles. The second-order valence-corrected chi connectivity index (χ2v) is 13.6. The molecule has 0 aliphatic heterocycles. The molecule has 1 aromatic heterocycles. The minimum atomic E-state index is -2.66. The van der Waals surface area contributed by atoms with Crippen molar-refractivity contribution in [2.45, 2.75) is 6.42 Å². The molecule has 0 aliphatic rings. The van der Waals surface area contributed by atoms with E-state index in [9.17, 15) is 4.57 Å². The van der Waals surface area contributed by atoms with E-state index >= 15 is 0 Å². The van der Waals surface area contributed by atoms with Crippen molar-refractivity contribution in [3.8, 4) is 5.88 Å². The summed E-state index contributed by atoms with van der Waals surface area (Å²) in [5.41, 5.74) is 11.0. The zero-order chi connectivity index (χ0) is 17.8. The summed E-state index contributed by atoms with van der Waals surface area (Å²) < 4.78 is 27.5. The first-order chi connectivity index (χ1) is 11.5. The van der Waals surface area contributed by atoms with Crippen LogP contribution in [0.5, 0.6) is 5.88 Å². The van der Waals surface area contributed by atoms with E-state index in [1.807, 2.05) is 6.08 Å². The molecule has 2 atom stereocenters. The van der Waals surface area contributed by atoms with Crippen molar-refractivity contribution in [3.63, 3.8) is 0 Å². The van der Waals surface area contributed by atoms with Crippen molar-refractivity contribution in [2.75, 3.05) is 38.5 Å². The number of aromatic nitrogens is 2. The van der Waals surface area contributed by atoms with E-state index in [2.05, 4.69) is 19.7 Å². The lowest BCUT2D eigenvalue weighted by Crippen LogP contribution is -2.03. The van der Waals surface area contributed by atoms with E-state index in [0.717, 1.165) is 0 Å². The van der Waals surface area contributed by atoms with Gasteiger partial charge in [-0.2, -0.15) is 9.97 Å². The van der Waals surface area contributed by atoms with Crippen LogP contribution in [0.25, 0.3) is 0 Å². The highest BCUT2D eigenvalue weighted by Gasteiger charge is 2.24. The maximum absolute atomic E-state index is 12.6. The third-order valence-corrected chi connectivity index (χ3v) is 9.54. The van der Waals surface area contributed by atoms with Crippen LogP contribution in [-0.2, 0) is 23.7 Å². The number of nitrogens with zero attached hydrogens (tertiary/aromatic N) is 2. The molecular weight excluding hydrogens is 377 g/mol. The first kappa shape index (κ1) is 21.2. The van der Waals surface area contributed by atoms with Crippen molar-refractivity contribution in [3.05, 3.63) is 18.2 Å². The van der Waals surface area contributed by atoms with E-state index in [1.165, 1.54) is 20.3 Å². The van der Waals surface area contributed by atoms with E-state index in [4.69, 9.17) is 25.6 Å². The maximum Gasteiger partial charge on any atom is 0.225 e. The van der Waals surface area contributed by atoms with Crippen molar-refractivity contribution in [1.82, 2.24) is 9.97 Å². The minimum Gasteiger partial charge on any atom is -0.473 e. The van der Waals surface area contributed by atoms with E-state index in [-0.39, 0.29) is 35.4 Å². The Morgan fingerprint density at radius 3 is 2.42 bits per heavy atom. The summed E-state index contributed by atoms with van der Waals surface area (Å²) in [5.74, 6) is 0.578. The molecule has 4 N–H and O–H groups in total. The summed E-state index contributed by atoms with van der Waals surface area (Å²) in [6, 6.07) is 1.48. The Hall–Kier alpha value is -0.850. The number of ether oxygens (including phenoxy) is 1. The SMILES string of the molecule is COOPP(=O)(CC/C=C/COc1cc(N)nc(N)n1)POOC. The number of anilines is 2. The molecule has 0 aromatic carbocycles. The second-order valence-electron chi connectivity index (χ2n) is 4.21. The minimum absolute atomic E-state index is 0.0492. The molecule has 0 aliphatic carbocycles. The van der Waals surface area contributed by atoms with Gasteiger partial charge >= 0.3 is 0 Å². The van der Waals surface area contributed by atoms with Crippen LogP contribution in [0.4, 0.5) is 11.8 Å². The predicted octanol–water partition coefficient (Wildman–Crippen LogP) is 2.50. The lowest BCUT2D eigenvalue weighted by Gasteiger charge is -2.14. The van der Waals surface area contributed by atoms with Crippen LogP contribution >= 0.6 is 23.5 Å². The van der Waals surface area contributed by atoms with Crippen LogP contribution in [0.2, 0.25) is 0 Å². The number of nitrogens with two attached hydrogens (primary N) is 2. The smallest absolute Gasteiger partial charge is 0.225 e. The molecule has 24 heavy (non-hydrogen) atoms. The molecule has 2 unspecified atom stereocenters. The maximum atomic E-state index is 12.6. The quantitative estimate of drug-likeness (QED) is 0.233. The molecule has 1 rings (SSSR count). The Bertz CT molecular complexity index is 544. The van der Waals surface area contributed by atoms with Gasteiger partial charge in [0.05, 0.1) is 14.2 Å². The van der Waals surface area contributed by atoms with Crippen LogP contribution in [-0.4, -0.2) is 37.0 Å². The van der Waals surface area contributed by atoms with Gasteiger partial charge in [0.2, 0.25) is 11.8 Å². The summed E-state index contributed by atoms with van der Waals surface area (Å²) in [6.07, 6.45) is 4.59. The third kappa shape index (κ3) is 8.85. The van der Waals surface area contributed by atoms with Gasteiger partial charge in [0.15, 0.2) is 6.52 Å². The summed E-state index contributed by atoms with van der Waals surface area (Å²) in [6.45, 7) is -2.39. The normalized spacial score (nSPS) is 14.9. The highest BCUT2D eigenvalue weighted by atomic mass is 32.5. The highest BCUT2D eigenvalue weighted by molar-refractivity contribution is 8.53. The molecule has 0 spiro atoms. The van der Waals surface area contributed by atoms with Gasteiger partial charge in [0, 0.05) is 12.2 Å². The lowest BCUT2D eigenvalue weighted by atomic mass is 10.4. The molecular formula is C11H21N4O6P3. The fraction of sp³-hybridized carbons (Fsp3) is 0.455. The topological polar surface area (TPSA) is 141 Å². The van der Waals surface area contributed by atoms with Gasteiger partial charge in [-0.1, -0.05) is 12.2 Å². The largest absolute Gasteiger partial charge is 0.473 e. The van der Waals surface area contributed by atoms with E-state index < -0.39 is 6.52 Å². The summed E-state index contributed by atoms with van der Waals surface area (Å²) >= 11 is 0. The first-order valence-corrected chi connectivity index (χ1v) is 12.1. The summed E-state index contributed by atoms with van der Waals surface area (Å²) in [7, 11) is 2.13. The second kappa shape index (κ2) is 11.7. The molecule has 0 radical (unpaired) electrons. The Morgan fingerprint density at radius 1 is 1.17 bits per heavy atom. The Kier molecular flexibility index (Phi) is 10.3. The number of rotatable bonds is 12. The molecule has 10 nitrogen and oxygen atoms in total. The standard InChI is InChI=1S/C11H21N4O6P3/c1-17-20-22-24(16,23-21-18-2)7-5-3-4-6-19-10-8-9(12)14-11(13)15-10/h3-4,8,22-23H,5-7H2,1-2H3,(H4,12,13,14,15)/b4-3+. The van der Waals surface area contributed by atoms with Crippen molar-refractivity contribution in [1.29, 1.82) is 0 Å². The van der Waals surface area contributed by atoms with Crippen LogP contribution in [0.3, 0.4) is 0 Å². The van der Waals surface area contributed by atoms with E-state index in [0.29, 0.717) is 18.5 Å². The summed E-state index contributed by atoms with van der Waals surface area (Å²) in [4.78, 5) is 16.6. The predicted molar refractivity (Wildman–Crippen MR) is 95.4 cm³/mol. The van der Waals surface area contributed by atoms with Crippen molar-refractivity contribution < 1.29 is 28.4 Å². The monoisotopic (exact) mass is 398 g/mol. The molecule has 0 fully saturated rings. The Balaban J connectivity index is 2.37. The molecule has 0 bridgehead atoms. The summed E-state index contributed by atoms with van der Waals surface area (Å²) in [5, 5.41) is 0. The number of hydrogen-bond acceptors (Lipinski definition) is 10. The Labute approximate surface area is 143 Å². The van der Waals surface area contributed by atoms with Gasteiger partial charge in [-0.05, 0) is 6.42 Å². The van der Waals surface area contributed by atoms with Gasteiger partial charge in [-0.15, -0.1) is 0 Å². The van der Waals surface area contributed by atoms with E-state index in [1.54, 1.807) is 6.08 Å². The molecule has 0 amide bonds. The van der Waals surface area contributed by atoms with Gasteiger partial charge < -0.3 is 20.8 Å².